The van der Waals surface area contributed by atoms with Crippen LogP contribution in [0.15, 0.2) is 53.4 Å². The van der Waals surface area contributed by atoms with Crippen LogP contribution < -0.4 is 0 Å². The number of hydrogen-bond acceptors (Lipinski definition) is 6. The van der Waals surface area contributed by atoms with Gasteiger partial charge < -0.3 is 4.74 Å². The van der Waals surface area contributed by atoms with Gasteiger partial charge in [0.25, 0.3) is 11.8 Å². The van der Waals surface area contributed by atoms with E-state index in [9.17, 15) is 22.8 Å². The number of nitrogens with zero attached hydrogens (tertiary/aromatic N) is 2. The van der Waals surface area contributed by atoms with Crippen molar-refractivity contribution in [2.45, 2.75) is 43.9 Å². The Morgan fingerprint density at radius 1 is 0.882 bits per heavy atom. The van der Waals surface area contributed by atoms with Gasteiger partial charge in [-0.25, -0.2) is 8.42 Å². The lowest BCUT2D eigenvalue weighted by atomic mass is 10.1. The van der Waals surface area contributed by atoms with Crippen LogP contribution in [0.2, 0.25) is 0 Å². The number of imide groups is 1. The largest absolute Gasteiger partial charge is 0.469 e. The molecule has 0 bridgehead atoms. The predicted octanol–water partition coefficient (Wildman–Crippen LogP) is 3.41. The Kier molecular flexibility index (Phi) is 8.57. The van der Waals surface area contributed by atoms with Crippen molar-refractivity contribution in [3.63, 3.8) is 0 Å². The Bertz CT molecular complexity index is 1110. The molecular weight excluding hydrogens is 456 g/mol. The summed E-state index contributed by atoms with van der Waals surface area (Å²) in [6.07, 6.45) is 2.47. The summed E-state index contributed by atoms with van der Waals surface area (Å²) in [6, 6.07) is 13.3. The van der Waals surface area contributed by atoms with Crippen molar-refractivity contribution in [1.29, 1.82) is 0 Å². The first kappa shape index (κ1) is 25.6. The Labute approximate surface area is 200 Å². The molecule has 0 spiro atoms. The van der Waals surface area contributed by atoms with Crippen molar-refractivity contribution < 1.29 is 27.5 Å². The van der Waals surface area contributed by atoms with Gasteiger partial charge in [-0.15, -0.1) is 0 Å². The van der Waals surface area contributed by atoms with Crippen molar-refractivity contribution >= 4 is 27.8 Å². The van der Waals surface area contributed by atoms with Gasteiger partial charge in [0.2, 0.25) is 10.0 Å². The highest BCUT2D eigenvalue weighted by atomic mass is 32.2. The fraction of sp³-hybridized carbons (Fsp3) is 0.400. The van der Waals surface area contributed by atoms with Crippen LogP contribution in [-0.4, -0.2) is 62.2 Å². The van der Waals surface area contributed by atoms with Crippen molar-refractivity contribution in [2.24, 2.45) is 0 Å². The smallest absolute Gasteiger partial charge is 0.305 e. The van der Waals surface area contributed by atoms with E-state index in [2.05, 4.69) is 4.74 Å². The van der Waals surface area contributed by atoms with E-state index in [1.54, 1.807) is 48.5 Å². The average molecular weight is 487 g/mol. The van der Waals surface area contributed by atoms with Crippen LogP contribution in [0, 0.1) is 6.92 Å². The minimum atomic E-state index is -3.75. The van der Waals surface area contributed by atoms with Crippen molar-refractivity contribution in [1.82, 2.24) is 9.21 Å². The molecule has 0 aromatic heterocycles. The zero-order chi connectivity index (χ0) is 24.7. The number of sulfonamides is 1. The summed E-state index contributed by atoms with van der Waals surface area (Å²) >= 11 is 0. The van der Waals surface area contributed by atoms with Gasteiger partial charge in [-0.2, -0.15) is 4.31 Å². The van der Waals surface area contributed by atoms with Crippen LogP contribution in [0.1, 0.15) is 58.4 Å². The van der Waals surface area contributed by atoms with Gasteiger partial charge in [-0.05, 0) is 50.5 Å². The summed E-state index contributed by atoms with van der Waals surface area (Å²) in [5.41, 5.74) is 1.71. The van der Waals surface area contributed by atoms with Crippen LogP contribution in [0.25, 0.3) is 0 Å². The zero-order valence-electron chi connectivity index (χ0n) is 19.5. The Balaban J connectivity index is 1.65. The number of fused-ring (bicyclic) bond motifs is 1. The molecule has 1 aliphatic heterocycles. The second-order valence-corrected chi connectivity index (χ2v) is 10.2. The SMILES string of the molecule is COC(=O)CCCCCN(CCCN1C(=O)c2ccccc2C1=O)S(=O)(=O)c1ccc(C)cc1. The molecule has 0 atom stereocenters. The molecule has 0 saturated carbocycles. The lowest BCUT2D eigenvalue weighted by molar-refractivity contribution is -0.140. The number of rotatable bonds is 12. The van der Waals surface area contributed by atoms with Gasteiger partial charge >= 0.3 is 5.97 Å². The molecule has 0 aliphatic carbocycles. The molecule has 2 aromatic carbocycles. The topological polar surface area (TPSA) is 101 Å². The summed E-state index contributed by atoms with van der Waals surface area (Å²) in [5.74, 6) is -0.988. The van der Waals surface area contributed by atoms with E-state index in [0.29, 0.717) is 43.2 Å². The number of ether oxygens (including phenoxy) is 1. The van der Waals surface area contributed by atoms with E-state index >= 15 is 0 Å². The molecule has 0 unspecified atom stereocenters. The van der Waals surface area contributed by atoms with Gasteiger partial charge in [-0.1, -0.05) is 36.2 Å². The van der Waals surface area contributed by atoms with Crippen LogP contribution in [0.3, 0.4) is 0 Å². The fourth-order valence-electron chi connectivity index (χ4n) is 3.90. The summed E-state index contributed by atoms with van der Waals surface area (Å²) in [6.45, 7) is 2.46. The van der Waals surface area contributed by atoms with E-state index < -0.39 is 10.0 Å². The molecule has 9 heteroatoms. The third-order valence-corrected chi connectivity index (χ3v) is 7.76. The molecule has 8 nitrogen and oxygen atoms in total. The summed E-state index contributed by atoms with van der Waals surface area (Å²) in [7, 11) is -2.41. The molecular formula is C25H30N2O6S. The quantitative estimate of drug-likeness (QED) is 0.259. The molecule has 3 rings (SSSR count). The Morgan fingerprint density at radius 3 is 2.06 bits per heavy atom. The van der Waals surface area contributed by atoms with E-state index in [1.807, 2.05) is 6.92 Å². The van der Waals surface area contributed by atoms with E-state index in [0.717, 1.165) is 5.56 Å². The number of hydrogen-bond donors (Lipinski definition) is 0. The second kappa shape index (κ2) is 11.4. The lowest BCUT2D eigenvalue weighted by Gasteiger charge is -2.23. The van der Waals surface area contributed by atoms with Crippen LogP contribution in [-0.2, 0) is 19.6 Å². The Morgan fingerprint density at radius 2 is 1.47 bits per heavy atom. The number of carbonyl (C=O) groups is 3. The molecule has 1 heterocycles. The van der Waals surface area contributed by atoms with Crippen molar-refractivity contribution in [2.75, 3.05) is 26.7 Å². The van der Waals surface area contributed by atoms with E-state index in [-0.39, 0.29) is 42.3 Å². The first-order chi connectivity index (χ1) is 16.3. The fourth-order valence-corrected chi connectivity index (χ4v) is 5.41. The number of esters is 1. The first-order valence-corrected chi connectivity index (χ1v) is 12.8. The van der Waals surface area contributed by atoms with E-state index in [4.69, 9.17) is 0 Å². The number of carbonyl (C=O) groups excluding carboxylic acids is 3. The minimum absolute atomic E-state index is 0.134. The van der Waals surface area contributed by atoms with Crippen LogP contribution >= 0.6 is 0 Å². The first-order valence-electron chi connectivity index (χ1n) is 11.3. The maximum absolute atomic E-state index is 13.3. The molecule has 34 heavy (non-hydrogen) atoms. The number of aryl methyl sites for hydroxylation is 1. The third-order valence-electron chi connectivity index (χ3n) is 5.84. The third kappa shape index (κ3) is 5.90. The number of benzene rings is 2. The monoisotopic (exact) mass is 486 g/mol. The summed E-state index contributed by atoms with van der Waals surface area (Å²) in [5, 5.41) is 0. The van der Waals surface area contributed by atoms with Crippen LogP contribution in [0.4, 0.5) is 0 Å². The highest BCUT2D eigenvalue weighted by Crippen LogP contribution is 2.23. The zero-order valence-corrected chi connectivity index (χ0v) is 20.3. The molecule has 0 radical (unpaired) electrons. The highest BCUT2D eigenvalue weighted by molar-refractivity contribution is 7.89. The highest BCUT2D eigenvalue weighted by Gasteiger charge is 2.35. The Hall–Kier alpha value is -3.04. The summed E-state index contributed by atoms with van der Waals surface area (Å²) < 4.78 is 32.6. The van der Waals surface area contributed by atoms with Gasteiger partial charge in [0.05, 0.1) is 23.1 Å². The lowest BCUT2D eigenvalue weighted by Crippen LogP contribution is -2.36. The molecule has 0 N–H and O–H groups in total. The molecule has 2 amide bonds. The molecule has 0 fully saturated rings. The minimum Gasteiger partial charge on any atom is -0.469 e. The molecule has 2 aromatic rings. The van der Waals surface area contributed by atoms with Crippen LogP contribution in [0.5, 0.6) is 0 Å². The van der Waals surface area contributed by atoms with Gasteiger partial charge in [0, 0.05) is 26.1 Å². The normalized spacial score (nSPS) is 13.4. The van der Waals surface area contributed by atoms with Crippen molar-refractivity contribution in [3.05, 3.63) is 65.2 Å². The standard InChI is InChI=1S/C25H30N2O6S/c1-19-12-14-20(15-13-19)34(31,32)26(16-7-3-4-11-23(28)33-2)17-8-18-27-24(29)21-9-5-6-10-22(21)25(27)30/h5-6,9-10,12-15H,3-4,7-8,11,16-18H2,1-2H3. The van der Waals surface area contributed by atoms with E-state index in [1.165, 1.54) is 16.3 Å². The number of unbranched alkanes of at least 4 members (excludes halogenated alkanes) is 2. The van der Waals surface area contributed by atoms with Gasteiger partial charge in [0.1, 0.15) is 0 Å². The number of amides is 2. The van der Waals surface area contributed by atoms with Crippen molar-refractivity contribution in [3.8, 4) is 0 Å². The molecule has 1 aliphatic rings. The molecule has 182 valence electrons. The number of methoxy groups -OCH3 is 1. The molecule has 0 saturated heterocycles. The maximum Gasteiger partial charge on any atom is 0.305 e. The summed E-state index contributed by atoms with van der Waals surface area (Å²) in [4.78, 5) is 37.9. The maximum atomic E-state index is 13.3. The second-order valence-electron chi connectivity index (χ2n) is 8.27. The van der Waals surface area contributed by atoms with Gasteiger partial charge in [-0.3, -0.25) is 19.3 Å². The van der Waals surface area contributed by atoms with Gasteiger partial charge in [0.15, 0.2) is 0 Å². The predicted molar refractivity (Wildman–Crippen MR) is 127 cm³/mol. The average Bonchev–Trinajstić information content (AvgIpc) is 3.07.